The van der Waals surface area contributed by atoms with Crippen LogP contribution in [0.15, 0.2) is 18.2 Å². The lowest BCUT2D eigenvalue weighted by Crippen LogP contribution is -2.41. The topological polar surface area (TPSA) is 101 Å². The number of rotatable bonds is 7. The Morgan fingerprint density at radius 3 is 2.24 bits per heavy atom. The summed E-state index contributed by atoms with van der Waals surface area (Å²) in [4.78, 5) is 25.8. The maximum absolute atomic E-state index is 12.5. The van der Waals surface area contributed by atoms with Crippen LogP contribution in [0.25, 0.3) is 0 Å². The van der Waals surface area contributed by atoms with Crippen molar-refractivity contribution in [1.29, 1.82) is 0 Å². The number of carbonyl (C=O) groups is 2. The molecule has 0 saturated carbocycles. The molecule has 1 aromatic carbocycles. The number of nitrogens with zero attached hydrogens (tertiary/aromatic N) is 1. The van der Waals surface area contributed by atoms with Gasteiger partial charge in [0.15, 0.2) is 0 Å². The van der Waals surface area contributed by atoms with Gasteiger partial charge in [0.05, 0.1) is 6.54 Å². The molecular formula is C15H24N4O2. The molecule has 21 heavy (non-hydrogen) atoms. The molecule has 116 valence electrons. The molecule has 1 rings (SSSR count). The minimum absolute atomic E-state index is 0.0430. The third-order valence-corrected chi connectivity index (χ3v) is 2.91. The van der Waals surface area contributed by atoms with Crippen molar-refractivity contribution in [3.8, 4) is 0 Å². The molecule has 0 bridgehead atoms. The van der Waals surface area contributed by atoms with Gasteiger partial charge in [-0.3, -0.25) is 9.59 Å². The first-order valence-electron chi connectivity index (χ1n) is 7.20. The molecule has 6 heteroatoms. The van der Waals surface area contributed by atoms with Gasteiger partial charge in [0, 0.05) is 30.0 Å². The second-order valence-electron chi connectivity index (χ2n) is 4.97. The van der Waals surface area contributed by atoms with E-state index in [2.05, 4.69) is 5.32 Å². The molecule has 5 N–H and O–H groups in total. The molecule has 6 nitrogen and oxygen atoms in total. The largest absolute Gasteiger partial charge is 0.399 e. The zero-order valence-corrected chi connectivity index (χ0v) is 12.7. The maximum Gasteiger partial charge on any atom is 0.254 e. The molecule has 0 fully saturated rings. The summed E-state index contributed by atoms with van der Waals surface area (Å²) in [7, 11) is 0. The zero-order valence-electron chi connectivity index (χ0n) is 12.7. The molecule has 0 aliphatic heterocycles. The van der Waals surface area contributed by atoms with Gasteiger partial charge in [-0.05, 0) is 31.0 Å². The lowest BCUT2D eigenvalue weighted by Gasteiger charge is -2.22. The number of benzene rings is 1. The van der Waals surface area contributed by atoms with Crippen LogP contribution in [0, 0.1) is 0 Å². The number of hydrogen-bond acceptors (Lipinski definition) is 4. The fraction of sp³-hybridized carbons (Fsp3) is 0.467. The summed E-state index contributed by atoms with van der Waals surface area (Å²) in [5, 5.41) is 2.77. The fourth-order valence-corrected chi connectivity index (χ4v) is 2.00. The van der Waals surface area contributed by atoms with Gasteiger partial charge < -0.3 is 21.7 Å². The minimum Gasteiger partial charge on any atom is -0.399 e. The number of anilines is 2. The zero-order chi connectivity index (χ0) is 15.8. The highest BCUT2D eigenvalue weighted by Gasteiger charge is 2.18. The summed E-state index contributed by atoms with van der Waals surface area (Å²) in [5.41, 5.74) is 12.7. The Labute approximate surface area is 125 Å². The third kappa shape index (κ3) is 5.33. The monoisotopic (exact) mass is 292 g/mol. The van der Waals surface area contributed by atoms with Crippen molar-refractivity contribution in [2.24, 2.45) is 0 Å². The van der Waals surface area contributed by atoms with Crippen molar-refractivity contribution in [3.05, 3.63) is 23.8 Å². The van der Waals surface area contributed by atoms with Crippen LogP contribution >= 0.6 is 0 Å². The van der Waals surface area contributed by atoms with Crippen LogP contribution in [0.1, 0.15) is 37.0 Å². The second kappa shape index (κ2) is 8.14. The highest BCUT2D eigenvalue weighted by molar-refractivity contribution is 5.98. The van der Waals surface area contributed by atoms with Crippen molar-refractivity contribution in [1.82, 2.24) is 10.2 Å². The molecule has 1 aromatic rings. The van der Waals surface area contributed by atoms with E-state index in [1.165, 1.54) is 4.90 Å². The third-order valence-electron chi connectivity index (χ3n) is 2.91. The molecule has 0 aromatic heterocycles. The number of hydrogen-bond donors (Lipinski definition) is 3. The highest BCUT2D eigenvalue weighted by Crippen LogP contribution is 2.15. The summed E-state index contributed by atoms with van der Waals surface area (Å²) < 4.78 is 0. The van der Waals surface area contributed by atoms with Gasteiger partial charge in [-0.15, -0.1) is 0 Å². The lowest BCUT2D eigenvalue weighted by molar-refractivity contribution is -0.121. The first kappa shape index (κ1) is 16.8. The summed E-state index contributed by atoms with van der Waals surface area (Å²) in [6, 6.07) is 4.74. The maximum atomic E-state index is 12.5. The molecule has 0 unspecified atom stereocenters. The van der Waals surface area contributed by atoms with Crippen LogP contribution in [-0.2, 0) is 4.79 Å². The molecule has 0 atom stereocenters. The first-order valence-corrected chi connectivity index (χ1v) is 7.20. The van der Waals surface area contributed by atoms with Crippen molar-refractivity contribution < 1.29 is 9.59 Å². The van der Waals surface area contributed by atoms with E-state index >= 15 is 0 Å². The van der Waals surface area contributed by atoms with Gasteiger partial charge in [0.25, 0.3) is 5.91 Å². The Bertz CT molecular complexity index is 482. The van der Waals surface area contributed by atoms with Gasteiger partial charge in [0.2, 0.25) is 5.91 Å². The van der Waals surface area contributed by atoms with E-state index in [1.807, 2.05) is 13.8 Å². The fourth-order valence-electron chi connectivity index (χ4n) is 2.00. The van der Waals surface area contributed by atoms with Crippen LogP contribution < -0.4 is 16.8 Å². The molecular weight excluding hydrogens is 268 g/mol. The van der Waals surface area contributed by atoms with Gasteiger partial charge in [-0.1, -0.05) is 13.8 Å². The molecule has 0 saturated heterocycles. The smallest absolute Gasteiger partial charge is 0.254 e. The minimum atomic E-state index is -0.234. The van der Waals surface area contributed by atoms with Crippen LogP contribution in [0.4, 0.5) is 11.4 Å². The van der Waals surface area contributed by atoms with Gasteiger partial charge in [-0.2, -0.15) is 0 Å². The number of amides is 2. The van der Waals surface area contributed by atoms with E-state index in [9.17, 15) is 9.59 Å². The summed E-state index contributed by atoms with van der Waals surface area (Å²) >= 11 is 0. The van der Waals surface area contributed by atoms with Crippen molar-refractivity contribution in [2.45, 2.75) is 26.7 Å². The van der Waals surface area contributed by atoms with Crippen LogP contribution in [0.3, 0.4) is 0 Å². The van der Waals surface area contributed by atoms with Crippen LogP contribution in [0.5, 0.6) is 0 Å². The molecule has 0 spiro atoms. The first-order chi connectivity index (χ1) is 9.97. The van der Waals surface area contributed by atoms with Crippen molar-refractivity contribution >= 4 is 23.2 Å². The summed E-state index contributed by atoms with van der Waals surface area (Å²) in [6.07, 6.45) is 1.63. The van der Waals surface area contributed by atoms with Gasteiger partial charge in [-0.25, -0.2) is 0 Å². The molecule has 2 amide bonds. The average molecular weight is 292 g/mol. The Morgan fingerprint density at radius 1 is 1.10 bits per heavy atom. The molecule has 0 aliphatic rings. The van der Waals surface area contributed by atoms with E-state index < -0.39 is 0 Å². The van der Waals surface area contributed by atoms with E-state index in [-0.39, 0.29) is 18.4 Å². The number of nitrogen functional groups attached to an aromatic ring is 2. The second-order valence-corrected chi connectivity index (χ2v) is 4.97. The van der Waals surface area contributed by atoms with Crippen molar-refractivity contribution in [2.75, 3.05) is 31.1 Å². The Balaban J connectivity index is 2.83. The lowest BCUT2D eigenvalue weighted by atomic mass is 10.1. The summed E-state index contributed by atoms with van der Waals surface area (Å²) in [5.74, 6) is -0.391. The number of carbonyl (C=O) groups excluding carboxylic acids is 2. The SMILES string of the molecule is CCCNC(=O)CN(CCC)C(=O)c1cc(N)cc(N)c1. The predicted octanol–water partition coefficient (Wildman–Crippen LogP) is 1.23. The number of nitrogens with two attached hydrogens (primary N) is 2. The molecule has 0 radical (unpaired) electrons. The van der Waals surface area contributed by atoms with Crippen molar-refractivity contribution in [3.63, 3.8) is 0 Å². The Hall–Kier alpha value is -2.24. The Kier molecular flexibility index (Phi) is 6.52. The quantitative estimate of drug-likeness (QED) is 0.658. The van der Waals surface area contributed by atoms with E-state index in [0.29, 0.717) is 30.0 Å². The predicted molar refractivity (Wildman–Crippen MR) is 84.8 cm³/mol. The van der Waals surface area contributed by atoms with E-state index in [0.717, 1.165) is 12.8 Å². The van der Waals surface area contributed by atoms with Crippen LogP contribution in [0.2, 0.25) is 0 Å². The highest BCUT2D eigenvalue weighted by atomic mass is 16.2. The normalized spacial score (nSPS) is 10.2. The molecule has 0 aliphatic carbocycles. The van der Waals surface area contributed by atoms with Gasteiger partial charge >= 0.3 is 0 Å². The van der Waals surface area contributed by atoms with E-state index in [1.54, 1.807) is 18.2 Å². The standard InChI is InChI=1S/C15H24N4O2/c1-3-5-18-14(20)10-19(6-4-2)15(21)11-7-12(16)9-13(17)8-11/h7-9H,3-6,10,16-17H2,1-2H3,(H,18,20). The van der Waals surface area contributed by atoms with E-state index in [4.69, 9.17) is 11.5 Å². The van der Waals surface area contributed by atoms with Gasteiger partial charge in [0.1, 0.15) is 0 Å². The molecule has 0 heterocycles. The number of nitrogens with one attached hydrogen (secondary N) is 1. The summed E-state index contributed by atoms with van der Waals surface area (Å²) in [6.45, 7) is 5.09. The average Bonchev–Trinajstić information content (AvgIpc) is 2.42. The Morgan fingerprint density at radius 2 is 1.71 bits per heavy atom. The van der Waals surface area contributed by atoms with Crippen LogP contribution in [-0.4, -0.2) is 36.3 Å².